The van der Waals surface area contributed by atoms with Gasteiger partial charge in [0, 0.05) is 24.4 Å². The van der Waals surface area contributed by atoms with E-state index in [0.29, 0.717) is 0 Å². The average Bonchev–Trinajstić information content (AvgIpc) is 2.47. The quantitative estimate of drug-likeness (QED) is 0.672. The number of aromatic nitrogens is 1. The molecule has 1 aromatic heterocycles. The van der Waals surface area contributed by atoms with Crippen molar-refractivity contribution < 1.29 is 9.66 Å². The van der Waals surface area contributed by atoms with Gasteiger partial charge in [0.1, 0.15) is 0 Å². The summed E-state index contributed by atoms with van der Waals surface area (Å²) in [7, 11) is 0. The SMILES string of the molecule is CCc1ccc(Oc2cc([C@H](C)N)ccn2)c([N+](=O)[O-])c1. The first-order valence-corrected chi connectivity index (χ1v) is 6.68. The van der Waals surface area contributed by atoms with E-state index in [2.05, 4.69) is 4.98 Å². The average molecular weight is 287 g/mol. The molecule has 0 aliphatic carbocycles. The van der Waals surface area contributed by atoms with Crippen LogP contribution < -0.4 is 10.5 Å². The molecule has 0 aliphatic rings. The molecule has 2 aromatic rings. The lowest BCUT2D eigenvalue weighted by Gasteiger charge is -2.09. The van der Waals surface area contributed by atoms with E-state index in [1.165, 1.54) is 6.07 Å². The lowest BCUT2D eigenvalue weighted by atomic mass is 10.1. The van der Waals surface area contributed by atoms with Gasteiger partial charge in [-0.3, -0.25) is 10.1 Å². The Labute approximate surface area is 122 Å². The molecule has 0 amide bonds. The van der Waals surface area contributed by atoms with Gasteiger partial charge >= 0.3 is 5.69 Å². The van der Waals surface area contributed by atoms with Crippen molar-refractivity contribution in [3.8, 4) is 11.6 Å². The van der Waals surface area contributed by atoms with Crippen molar-refractivity contribution in [2.75, 3.05) is 0 Å². The standard InChI is InChI=1S/C15H17N3O3/c1-3-11-4-5-14(13(8-11)18(19)20)21-15-9-12(10(2)16)6-7-17-15/h4-10H,3,16H2,1-2H3/t10-/m0/s1. The lowest BCUT2D eigenvalue weighted by molar-refractivity contribution is -0.385. The Morgan fingerprint density at radius 2 is 2.14 bits per heavy atom. The fourth-order valence-corrected chi connectivity index (χ4v) is 1.89. The van der Waals surface area contributed by atoms with Gasteiger partial charge in [0.15, 0.2) is 0 Å². The molecule has 110 valence electrons. The number of rotatable bonds is 5. The summed E-state index contributed by atoms with van der Waals surface area (Å²) in [6, 6.07) is 8.22. The molecule has 1 heterocycles. The zero-order valence-corrected chi connectivity index (χ0v) is 11.9. The van der Waals surface area contributed by atoms with Crippen LogP contribution in [0.2, 0.25) is 0 Å². The molecule has 0 aliphatic heterocycles. The van der Waals surface area contributed by atoms with Gasteiger partial charge in [-0.1, -0.05) is 13.0 Å². The summed E-state index contributed by atoms with van der Waals surface area (Å²) in [5.41, 5.74) is 7.47. The van der Waals surface area contributed by atoms with Crippen LogP contribution in [-0.4, -0.2) is 9.91 Å². The van der Waals surface area contributed by atoms with Crippen molar-refractivity contribution in [3.63, 3.8) is 0 Å². The Bertz CT molecular complexity index is 656. The minimum atomic E-state index is -0.454. The summed E-state index contributed by atoms with van der Waals surface area (Å²) < 4.78 is 5.55. The number of nitro benzene ring substituents is 1. The number of benzene rings is 1. The smallest absolute Gasteiger partial charge is 0.311 e. The van der Waals surface area contributed by atoms with Crippen LogP contribution in [-0.2, 0) is 6.42 Å². The number of pyridine rings is 1. The highest BCUT2D eigenvalue weighted by molar-refractivity contribution is 5.50. The van der Waals surface area contributed by atoms with Crippen molar-refractivity contribution in [1.82, 2.24) is 4.98 Å². The first-order chi connectivity index (χ1) is 10.0. The second-order valence-electron chi connectivity index (χ2n) is 4.73. The highest BCUT2D eigenvalue weighted by atomic mass is 16.6. The van der Waals surface area contributed by atoms with Crippen LogP contribution in [0.4, 0.5) is 5.69 Å². The molecular formula is C15H17N3O3. The zero-order valence-electron chi connectivity index (χ0n) is 11.9. The molecular weight excluding hydrogens is 270 g/mol. The van der Waals surface area contributed by atoms with Gasteiger partial charge in [-0.25, -0.2) is 4.98 Å². The van der Waals surface area contributed by atoms with Gasteiger partial charge in [-0.2, -0.15) is 0 Å². The monoisotopic (exact) mass is 287 g/mol. The Kier molecular flexibility index (Phi) is 4.49. The van der Waals surface area contributed by atoms with Gasteiger partial charge in [-0.15, -0.1) is 0 Å². The highest BCUT2D eigenvalue weighted by Crippen LogP contribution is 2.32. The molecule has 2 N–H and O–H groups in total. The number of aryl methyl sites for hydroxylation is 1. The third kappa shape index (κ3) is 3.55. The first kappa shape index (κ1) is 14.9. The Morgan fingerprint density at radius 1 is 1.38 bits per heavy atom. The maximum Gasteiger partial charge on any atom is 0.311 e. The fraction of sp³-hybridized carbons (Fsp3) is 0.267. The van der Waals surface area contributed by atoms with Crippen LogP contribution in [0.5, 0.6) is 11.6 Å². The topological polar surface area (TPSA) is 91.3 Å². The molecule has 6 heteroatoms. The van der Waals surface area contributed by atoms with Gasteiger partial charge in [0.2, 0.25) is 11.6 Å². The Hall–Kier alpha value is -2.47. The number of nitro groups is 1. The van der Waals surface area contributed by atoms with E-state index >= 15 is 0 Å². The molecule has 1 atom stereocenters. The molecule has 0 saturated heterocycles. The molecule has 6 nitrogen and oxygen atoms in total. The van der Waals surface area contributed by atoms with E-state index in [1.54, 1.807) is 30.5 Å². The van der Waals surface area contributed by atoms with Gasteiger partial charge < -0.3 is 10.5 Å². The number of nitrogens with zero attached hydrogens (tertiary/aromatic N) is 2. The van der Waals surface area contributed by atoms with Crippen LogP contribution >= 0.6 is 0 Å². The maximum absolute atomic E-state index is 11.1. The summed E-state index contributed by atoms with van der Waals surface area (Å²) in [5, 5.41) is 11.1. The predicted molar refractivity (Wildman–Crippen MR) is 79.4 cm³/mol. The third-order valence-corrected chi connectivity index (χ3v) is 3.13. The zero-order chi connectivity index (χ0) is 15.4. The Morgan fingerprint density at radius 3 is 2.76 bits per heavy atom. The highest BCUT2D eigenvalue weighted by Gasteiger charge is 2.17. The van der Waals surface area contributed by atoms with Crippen LogP contribution in [0.25, 0.3) is 0 Å². The lowest BCUT2D eigenvalue weighted by Crippen LogP contribution is -2.05. The second-order valence-corrected chi connectivity index (χ2v) is 4.73. The minimum Gasteiger partial charge on any atom is -0.432 e. The van der Waals surface area contributed by atoms with Crippen molar-refractivity contribution in [2.45, 2.75) is 26.3 Å². The number of ether oxygens (including phenoxy) is 1. The van der Waals surface area contributed by atoms with Crippen molar-refractivity contribution in [3.05, 3.63) is 57.8 Å². The molecule has 21 heavy (non-hydrogen) atoms. The molecule has 2 rings (SSSR count). The van der Waals surface area contributed by atoms with Crippen LogP contribution in [0, 0.1) is 10.1 Å². The summed E-state index contributed by atoms with van der Waals surface area (Å²) >= 11 is 0. The number of nitrogens with two attached hydrogens (primary N) is 1. The van der Waals surface area contributed by atoms with Crippen LogP contribution in [0.3, 0.4) is 0 Å². The van der Waals surface area contributed by atoms with Gasteiger partial charge in [0.05, 0.1) is 4.92 Å². The van der Waals surface area contributed by atoms with E-state index in [4.69, 9.17) is 10.5 Å². The third-order valence-electron chi connectivity index (χ3n) is 3.13. The predicted octanol–water partition coefficient (Wildman–Crippen LogP) is 3.36. The second kappa shape index (κ2) is 6.32. The molecule has 0 radical (unpaired) electrons. The van der Waals surface area contributed by atoms with Gasteiger partial charge in [0.25, 0.3) is 0 Å². The van der Waals surface area contributed by atoms with Crippen molar-refractivity contribution in [2.24, 2.45) is 5.73 Å². The maximum atomic E-state index is 11.1. The minimum absolute atomic E-state index is 0.0673. The van der Waals surface area contributed by atoms with Crippen molar-refractivity contribution in [1.29, 1.82) is 0 Å². The summed E-state index contributed by atoms with van der Waals surface area (Å²) in [6.07, 6.45) is 2.29. The molecule has 0 saturated carbocycles. The van der Waals surface area contributed by atoms with Crippen LogP contribution in [0.1, 0.15) is 31.0 Å². The Balaban J connectivity index is 2.35. The summed E-state index contributed by atoms with van der Waals surface area (Å²) in [6.45, 7) is 3.78. The first-order valence-electron chi connectivity index (χ1n) is 6.68. The number of hydrogen-bond donors (Lipinski definition) is 1. The van der Waals surface area contributed by atoms with Crippen LogP contribution in [0.15, 0.2) is 36.5 Å². The molecule has 0 spiro atoms. The van der Waals surface area contributed by atoms with E-state index in [-0.39, 0.29) is 23.4 Å². The van der Waals surface area contributed by atoms with Gasteiger partial charge in [-0.05, 0) is 36.6 Å². The van der Waals surface area contributed by atoms with E-state index < -0.39 is 4.92 Å². The van der Waals surface area contributed by atoms with E-state index in [1.807, 2.05) is 13.8 Å². The van der Waals surface area contributed by atoms with Crippen molar-refractivity contribution >= 4 is 5.69 Å². The fourth-order valence-electron chi connectivity index (χ4n) is 1.89. The van der Waals surface area contributed by atoms with E-state index in [0.717, 1.165) is 17.5 Å². The molecule has 0 bridgehead atoms. The summed E-state index contributed by atoms with van der Waals surface area (Å²) in [5.74, 6) is 0.462. The molecule has 0 fully saturated rings. The summed E-state index contributed by atoms with van der Waals surface area (Å²) in [4.78, 5) is 14.7. The number of hydrogen-bond acceptors (Lipinski definition) is 5. The largest absolute Gasteiger partial charge is 0.432 e. The van der Waals surface area contributed by atoms with E-state index in [9.17, 15) is 10.1 Å². The normalized spacial score (nSPS) is 12.0. The molecule has 1 aromatic carbocycles. The molecule has 0 unspecified atom stereocenters.